The van der Waals surface area contributed by atoms with E-state index in [0.29, 0.717) is 24.7 Å². The summed E-state index contributed by atoms with van der Waals surface area (Å²) in [7, 11) is 0. The highest BCUT2D eigenvalue weighted by molar-refractivity contribution is 9.10. The number of hydrogen-bond acceptors (Lipinski definition) is 4. The maximum atomic E-state index is 13.0. The van der Waals surface area contributed by atoms with Gasteiger partial charge in [0.1, 0.15) is 24.5 Å². The molecule has 2 heterocycles. The van der Waals surface area contributed by atoms with E-state index >= 15 is 0 Å². The zero-order chi connectivity index (χ0) is 18.1. The van der Waals surface area contributed by atoms with Crippen molar-refractivity contribution in [1.82, 2.24) is 14.8 Å². The van der Waals surface area contributed by atoms with Crippen molar-refractivity contribution in [3.63, 3.8) is 0 Å². The second-order valence-corrected chi connectivity index (χ2v) is 6.76. The molecule has 0 spiro atoms. The van der Waals surface area contributed by atoms with Gasteiger partial charge in [-0.05, 0) is 51.3 Å². The molecular weight excluding hydrogens is 403 g/mol. The first kappa shape index (κ1) is 16.7. The lowest BCUT2D eigenvalue weighted by molar-refractivity contribution is -0.117. The summed E-state index contributed by atoms with van der Waals surface area (Å²) >= 11 is 3.51. The minimum absolute atomic E-state index is 0.0942. The highest BCUT2D eigenvalue weighted by atomic mass is 79.9. The predicted octanol–water partition coefficient (Wildman–Crippen LogP) is 3.69. The van der Waals surface area contributed by atoms with E-state index in [9.17, 15) is 9.18 Å². The number of rotatable bonds is 4. The summed E-state index contributed by atoms with van der Waals surface area (Å²) < 4.78 is 21.2. The number of benzene rings is 2. The van der Waals surface area contributed by atoms with Crippen LogP contribution in [0.15, 0.2) is 53.3 Å². The largest absolute Gasteiger partial charge is 0.488 e. The van der Waals surface area contributed by atoms with E-state index in [1.807, 2.05) is 18.2 Å². The lowest BCUT2D eigenvalue weighted by atomic mass is 10.0. The molecule has 8 heteroatoms. The van der Waals surface area contributed by atoms with E-state index in [2.05, 4.69) is 31.3 Å². The fourth-order valence-electron chi connectivity index (χ4n) is 2.85. The number of anilines is 1. The van der Waals surface area contributed by atoms with Crippen molar-refractivity contribution in [1.29, 1.82) is 0 Å². The summed E-state index contributed by atoms with van der Waals surface area (Å²) in [5.74, 6) is 0.739. The number of nitrogens with one attached hydrogen (secondary N) is 1. The topological polar surface area (TPSA) is 69.0 Å². The Morgan fingerprint density at radius 1 is 1.27 bits per heavy atom. The number of fused-ring (bicyclic) bond motifs is 1. The molecule has 0 radical (unpaired) electrons. The Labute approximate surface area is 157 Å². The molecule has 132 valence electrons. The molecule has 3 aromatic rings. The van der Waals surface area contributed by atoms with Crippen LogP contribution in [0, 0.1) is 5.82 Å². The van der Waals surface area contributed by atoms with E-state index in [0.717, 1.165) is 15.6 Å². The Morgan fingerprint density at radius 3 is 2.85 bits per heavy atom. The second kappa shape index (κ2) is 6.87. The number of aromatic nitrogens is 3. The molecule has 0 unspecified atom stereocenters. The molecule has 4 rings (SSSR count). The van der Waals surface area contributed by atoms with Gasteiger partial charge < -0.3 is 4.74 Å². The van der Waals surface area contributed by atoms with Gasteiger partial charge in [-0.2, -0.15) is 10.1 Å². The van der Waals surface area contributed by atoms with Gasteiger partial charge in [-0.1, -0.05) is 18.2 Å². The van der Waals surface area contributed by atoms with Crippen molar-refractivity contribution in [2.45, 2.75) is 19.1 Å². The molecule has 2 aromatic carbocycles. The van der Waals surface area contributed by atoms with Gasteiger partial charge in [0.05, 0.1) is 16.9 Å². The van der Waals surface area contributed by atoms with Gasteiger partial charge >= 0.3 is 0 Å². The van der Waals surface area contributed by atoms with Gasteiger partial charge in [0.25, 0.3) is 0 Å². The maximum Gasteiger partial charge on any atom is 0.229 e. The zero-order valence-electron chi connectivity index (χ0n) is 13.5. The van der Waals surface area contributed by atoms with Crippen LogP contribution in [0.3, 0.4) is 0 Å². The van der Waals surface area contributed by atoms with Crippen molar-refractivity contribution in [2.75, 3.05) is 5.32 Å². The summed E-state index contributed by atoms with van der Waals surface area (Å²) in [6, 6.07) is 11.6. The molecule has 0 saturated carbocycles. The maximum absolute atomic E-state index is 13.0. The Kier molecular flexibility index (Phi) is 4.42. The summed E-state index contributed by atoms with van der Waals surface area (Å²) in [5, 5.41) is 6.89. The van der Waals surface area contributed by atoms with E-state index in [4.69, 9.17) is 4.74 Å². The summed E-state index contributed by atoms with van der Waals surface area (Å²) in [5.41, 5.74) is 1.80. The van der Waals surface area contributed by atoms with E-state index in [1.54, 1.807) is 16.8 Å². The van der Waals surface area contributed by atoms with Gasteiger partial charge in [0, 0.05) is 0 Å². The number of carbonyl (C=O) groups excluding carboxylic acids is 1. The van der Waals surface area contributed by atoms with Crippen LogP contribution in [-0.4, -0.2) is 20.7 Å². The van der Waals surface area contributed by atoms with Crippen LogP contribution in [0.25, 0.3) is 0 Å². The summed E-state index contributed by atoms with van der Waals surface area (Å²) in [4.78, 5) is 15.9. The zero-order valence-corrected chi connectivity index (χ0v) is 15.1. The minimum Gasteiger partial charge on any atom is -0.488 e. The molecule has 1 aliphatic rings. The van der Waals surface area contributed by atoms with Crippen molar-refractivity contribution < 1.29 is 13.9 Å². The lowest BCUT2D eigenvalue weighted by Crippen LogP contribution is -2.29. The van der Waals surface area contributed by atoms with Gasteiger partial charge in [-0.3, -0.25) is 10.1 Å². The first-order valence-corrected chi connectivity index (χ1v) is 8.75. The highest BCUT2D eigenvalue weighted by Crippen LogP contribution is 2.33. The molecule has 0 aliphatic carbocycles. The first-order valence-electron chi connectivity index (χ1n) is 7.96. The van der Waals surface area contributed by atoms with E-state index in [-0.39, 0.29) is 17.8 Å². The fourth-order valence-corrected chi connectivity index (χ4v) is 3.36. The van der Waals surface area contributed by atoms with Gasteiger partial charge in [0.15, 0.2) is 0 Å². The summed E-state index contributed by atoms with van der Waals surface area (Å²) in [6.45, 7) is 0.331. The van der Waals surface area contributed by atoms with E-state index in [1.165, 1.54) is 18.5 Å². The van der Waals surface area contributed by atoms with Crippen molar-refractivity contribution in [3.8, 4) is 5.75 Å². The monoisotopic (exact) mass is 416 g/mol. The number of halogens is 2. The molecule has 0 saturated heterocycles. The average molecular weight is 417 g/mol. The fraction of sp³-hybridized carbons (Fsp3) is 0.167. The van der Waals surface area contributed by atoms with Crippen LogP contribution in [0.1, 0.15) is 23.6 Å². The molecule has 6 nitrogen and oxygen atoms in total. The normalized spacial score (nSPS) is 16.1. The smallest absolute Gasteiger partial charge is 0.229 e. The third-order valence-corrected chi connectivity index (χ3v) is 4.77. The predicted molar refractivity (Wildman–Crippen MR) is 96.3 cm³/mol. The van der Waals surface area contributed by atoms with Gasteiger partial charge in [-0.15, -0.1) is 0 Å². The molecule has 1 N–H and O–H groups in total. The molecule has 1 aromatic heterocycles. The van der Waals surface area contributed by atoms with Crippen LogP contribution < -0.4 is 10.1 Å². The van der Waals surface area contributed by atoms with Crippen LogP contribution in [0.5, 0.6) is 5.75 Å². The molecule has 26 heavy (non-hydrogen) atoms. The van der Waals surface area contributed by atoms with Crippen molar-refractivity contribution in [2.24, 2.45) is 0 Å². The number of hydrogen-bond donors (Lipinski definition) is 1. The molecule has 1 aliphatic heterocycles. The number of nitrogens with zero attached hydrogens (tertiary/aromatic N) is 3. The van der Waals surface area contributed by atoms with Crippen LogP contribution in [-0.2, 0) is 11.4 Å². The highest BCUT2D eigenvalue weighted by Gasteiger charge is 2.28. The van der Waals surface area contributed by atoms with Crippen LogP contribution >= 0.6 is 15.9 Å². The average Bonchev–Trinajstić information content (AvgIpc) is 3.09. The summed E-state index contributed by atoms with van der Waals surface area (Å²) in [6.07, 6.45) is 1.71. The Bertz CT molecular complexity index is 958. The molecule has 1 amide bonds. The molecule has 0 fully saturated rings. The van der Waals surface area contributed by atoms with Crippen molar-refractivity contribution in [3.05, 3.63) is 70.2 Å². The van der Waals surface area contributed by atoms with Gasteiger partial charge in [-0.25, -0.2) is 9.07 Å². The third kappa shape index (κ3) is 3.32. The minimum atomic E-state index is -0.275. The Balaban J connectivity index is 1.53. The number of carbonyl (C=O) groups is 1. The number of ether oxygens (including phenoxy) is 1. The van der Waals surface area contributed by atoms with Gasteiger partial charge in [0.2, 0.25) is 11.9 Å². The van der Waals surface area contributed by atoms with Crippen LogP contribution in [0.2, 0.25) is 0 Å². The van der Waals surface area contributed by atoms with Crippen molar-refractivity contribution >= 4 is 27.8 Å². The first-order chi connectivity index (χ1) is 12.6. The van der Waals surface area contributed by atoms with E-state index < -0.39 is 0 Å². The Morgan fingerprint density at radius 2 is 2.08 bits per heavy atom. The lowest BCUT2D eigenvalue weighted by Gasteiger charge is -2.24. The number of amides is 1. The standard InChI is InChI=1S/C18H14BrFN4O2/c19-14-7-12(15-8-17(25)23-18-21-10-22-24(15)18)3-6-16(14)26-9-11-1-4-13(20)5-2-11/h1-7,10,15H,8-9H2,(H,21,22,23,25)/t15-/m0/s1. The Hall–Kier alpha value is -2.74. The van der Waals surface area contributed by atoms with Crippen LogP contribution in [0.4, 0.5) is 10.3 Å². The third-order valence-electron chi connectivity index (χ3n) is 4.15. The molecule has 0 bridgehead atoms. The quantitative estimate of drug-likeness (QED) is 0.703. The molecule has 1 atom stereocenters. The molecular formula is C18H14BrFN4O2. The SMILES string of the molecule is O=C1C[C@@H](c2ccc(OCc3ccc(F)cc3)c(Br)c2)n2ncnc2N1. The second-order valence-electron chi connectivity index (χ2n) is 5.90.